The third kappa shape index (κ3) is 2.70. The second kappa shape index (κ2) is 4.45. The average Bonchev–Trinajstić information content (AvgIpc) is 2.08. The summed E-state index contributed by atoms with van der Waals surface area (Å²) < 4.78 is 0.855. The molecule has 0 aliphatic rings. The minimum atomic E-state index is -0.439. The number of aliphatic hydroxyl groups excluding tert-OH is 1. The summed E-state index contributed by atoms with van der Waals surface area (Å²) in [5.74, 6) is 0.206. The molecule has 0 spiro atoms. The summed E-state index contributed by atoms with van der Waals surface area (Å²) >= 11 is 9.21. The Morgan fingerprint density at radius 3 is 2.46 bits per heavy atom. The normalized spacial score (nSPS) is 13.4. The molecule has 0 bridgehead atoms. The van der Waals surface area contributed by atoms with E-state index in [1.54, 1.807) is 6.07 Å². The fourth-order valence-corrected chi connectivity index (χ4v) is 1.52. The van der Waals surface area contributed by atoms with Crippen molar-refractivity contribution in [2.75, 3.05) is 0 Å². The van der Waals surface area contributed by atoms with Crippen molar-refractivity contribution in [3.63, 3.8) is 0 Å². The van der Waals surface area contributed by atoms with Crippen LogP contribution in [-0.2, 0) is 0 Å². The molecular formula is C10H12BrClO. The smallest absolute Gasteiger partial charge is 0.0813 e. The van der Waals surface area contributed by atoms with Crippen LogP contribution in [0.15, 0.2) is 22.7 Å². The molecule has 0 fully saturated rings. The molecule has 0 radical (unpaired) electrons. The molecule has 0 heterocycles. The number of benzene rings is 1. The lowest BCUT2D eigenvalue weighted by molar-refractivity contribution is 0.127. The summed E-state index contributed by atoms with van der Waals surface area (Å²) in [6.45, 7) is 3.95. The van der Waals surface area contributed by atoms with Gasteiger partial charge in [-0.2, -0.15) is 0 Å². The maximum absolute atomic E-state index is 9.74. The van der Waals surface area contributed by atoms with E-state index in [1.165, 1.54) is 0 Å². The highest BCUT2D eigenvalue weighted by atomic mass is 79.9. The topological polar surface area (TPSA) is 20.2 Å². The zero-order chi connectivity index (χ0) is 10.0. The van der Waals surface area contributed by atoms with Crippen molar-refractivity contribution < 1.29 is 5.11 Å². The molecule has 1 atom stereocenters. The first-order chi connectivity index (χ1) is 6.02. The van der Waals surface area contributed by atoms with E-state index in [9.17, 15) is 5.11 Å². The Kier molecular flexibility index (Phi) is 3.77. The molecule has 0 saturated carbocycles. The summed E-state index contributed by atoms with van der Waals surface area (Å²) in [6.07, 6.45) is -0.439. The lowest BCUT2D eigenvalue weighted by Crippen LogP contribution is -2.04. The average molecular weight is 264 g/mol. The van der Waals surface area contributed by atoms with E-state index in [2.05, 4.69) is 15.9 Å². The van der Waals surface area contributed by atoms with Crippen LogP contribution >= 0.6 is 27.5 Å². The van der Waals surface area contributed by atoms with Crippen LogP contribution in [0.25, 0.3) is 0 Å². The first-order valence-corrected chi connectivity index (χ1v) is 5.32. The molecule has 3 heteroatoms. The number of hydrogen-bond acceptors (Lipinski definition) is 1. The van der Waals surface area contributed by atoms with Gasteiger partial charge in [-0.25, -0.2) is 0 Å². The largest absolute Gasteiger partial charge is 0.388 e. The van der Waals surface area contributed by atoms with Crippen molar-refractivity contribution in [3.8, 4) is 0 Å². The minimum absolute atomic E-state index is 0.206. The summed E-state index contributed by atoms with van der Waals surface area (Å²) in [7, 11) is 0. The number of halogens is 2. The van der Waals surface area contributed by atoms with Crippen molar-refractivity contribution in [1.82, 2.24) is 0 Å². The van der Waals surface area contributed by atoms with Crippen molar-refractivity contribution >= 4 is 27.5 Å². The number of hydrogen-bond donors (Lipinski definition) is 1. The van der Waals surface area contributed by atoms with Crippen LogP contribution in [0.3, 0.4) is 0 Å². The van der Waals surface area contributed by atoms with Gasteiger partial charge in [-0.15, -0.1) is 0 Å². The Balaban J connectivity index is 2.97. The van der Waals surface area contributed by atoms with Crippen molar-refractivity contribution in [1.29, 1.82) is 0 Å². The van der Waals surface area contributed by atoms with E-state index in [4.69, 9.17) is 11.6 Å². The summed E-state index contributed by atoms with van der Waals surface area (Å²) in [4.78, 5) is 0. The molecule has 1 unspecified atom stereocenters. The fraction of sp³-hybridized carbons (Fsp3) is 0.400. The molecule has 1 nitrogen and oxygen atoms in total. The summed E-state index contributed by atoms with van der Waals surface area (Å²) in [5, 5.41) is 10.4. The molecule has 0 amide bonds. The van der Waals surface area contributed by atoms with E-state index in [0.717, 1.165) is 10.0 Å². The molecule has 1 aromatic carbocycles. The van der Waals surface area contributed by atoms with Crippen LogP contribution in [0.5, 0.6) is 0 Å². The predicted molar refractivity (Wildman–Crippen MR) is 58.9 cm³/mol. The highest BCUT2D eigenvalue weighted by Crippen LogP contribution is 2.28. The van der Waals surface area contributed by atoms with Gasteiger partial charge in [0.1, 0.15) is 0 Å². The maximum atomic E-state index is 9.74. The molecule has 1 rings (SSSR count). The number of aliphatic hydroxyl groups is 1. The van der Waals surface area contributed by atoms with E-state index in [0.29, 0.717) is 5.02 Å². The van der Waals surface area contributed by atoms with Gasteiger partial charge >= 0.3 is 0 Å². The maximum Gasteiger partial charge on any atom is 0.0813 e. The second-order valence-corrected chi connectivity index (χ2v) is 4.62. The SMILES string of the molecule is CC(C)C(O)c1ccc(Br)c(Cl)c1. The highest BCUT2D eigenvalue weighted by molar-refractivity contribution is 9.10. The van der Waals surface area contributed by atoms with Gasteiger partial charge in [0, 0.05) is 4.47 Å². The zero-order valence-electron chi connectivity index (χ0n) is 7.59. The van der Waals surface area contributed by atoms with Gasteiger partial charge in [-0.3, -0.25) is 0 Å². The minimum Gasteiger partial charge on any atom is -0.388 e. The van der Waals surface area contributed by atoms with Crippen LogP contribution in [0.1, 0.15) is 25.5 Å². The molecule has 1 aromatic rings. The van der Waals surface area contributed by atoms with Gasteiger partial charge in [0.05, 0.1) is 11.1 Å². The van der Waals surface area contributed by atoms with Crippen LogP contribution in [0.4, 0.5) is 0 Å². The molecule has 72 valence electrons. The Hall–Kier alpha value is -0.0500. The van der Waals surface area contributed by atoms with Gasteiger partial charge in [-0.1, -0.05) is 31.5 Å². The van der Waals surface area contributed by atoms with Crippen LogP contribution in [0.2, 0.25) is 5.02 Å². The summed E-state index contributed by atoms with van der Waals surface area (Å²) in [6, 6.07) is 5.51. The first kappa shape index (κ1) is 11.0. The second-order valence-electron chi connectivity index (χ2n) is 3.36. The van der Waals surface area contributed by atoms with Crippen LogP contribution in [-0.4, -0.2) is 5.11 Å². The van der Waals surface area contributed by atoms with Gasteiger partial charge in [0.25, 0.3) is 0 Å². The number of rotatable bonds is 2. The van der Waals surface area contributed by atoms with Crippen molar-refractivity contribution in [2.24, 2.45) is 5.92 Å². The Bertz CT molecular complexity index is 299. The standard InChI is InChI=1S/C10H12BrClO/c1-6(2)10(13)7-3-4-8(11)9(12)5-7/h3-6,10,13H,1-2H3. The van der Waals surface area contributed by atoms with Crippen molar-refractivity contribution in [2.45, 2.75) is 20.0 Å². The van der Waals surface area contributed by atoms with Gasteiger partial charge in [0.15, 0.2) is 0 Å². The molecule has 0 aliphatic carbocycles. The van der Waals surface area contributed by atoms with Crippen LogP contribution < -0.4 is 0 Å². The predicted octanol–water partition coefficient (Wildman–Crippen LogP) is 3.79. The lowest BCUT2D eigenvalue weighted by Gasteiger charge is -2.15. The monoisotopic (exact) mass is 262 g/mol. The van der Waals surface area contributed by atoms with Gasteiger partial charge < -0.3 is 5.11 Å². The lowest BCUT2D eigenvalue weighted by atomic mass is 9.99. The van der Waals surface area contributed by atoms with E-state index in [-0.39, 0.29) is 5.92 Å². The quantitative estimate of drug-likeness (QED) is 0.861. The van der Waals surface area contributed by atoms with Crippen LogP contribution in [0, 0.1) is 5.92 Å². The molecular weight excluding hydrogens is 251 g/mol. The molecule has 0 aromatic heterocycles. The zero-order valence-corrected chi connectivity index (χ0v) is 9.93. The fourth-order valence-electron chi connectivity index (χ4n) is 1.08. The van der Waals surface area contributed by atoms with E-state index >= 15 is 0 Å². The third-order valence-corrected chi connectivity index (χ3v) is 3.15. The highest BCUT2D eigenvalue weighted by Gasteiger charge is 2.12. The Morgan fingerprint density at radius 1 is 1.38 bits per heavy atom. The van der Waals surface area contributed by atoms with E-state index in [1.807, 2.05) is 26.0 Å². The molecule has 1 N–H and O–H groups in total. The molecule has 0 aliphatic heterocycles. The summed E-state index contributed by atoms with van der Waals surface area (Å²) in [5.41, 5.74) is 0.864. The third-order valence-electron chi connectivity index (χ3n) is 1.92. The van der Waals surface area contributed by atoms with Gasteiger partial charge in [-0.05, 0) is 39.5 Å². The Labute approximate surface area is 91.9 Å². The van der Waals surface area contributed by atoms with Crippen molar-refractivity contribution in [3.05, 3.63) is 33.3 Å². The van der Waals surface area contributed by atoms with Gasteiger partial charge in [0.2, 0.25) is 0 Å². The molecule has 0 saturated heterocycles. The van der Waals surface area contributed by atoms with E-state index < -0.39 is 6.10 Å². The first-order valence-electron chi connectivity index (χ1n) is 4.15. The molecule has 13 heavy (non-hydrogen) atoms. The Morgan fingerprint density at radius 2 is 2.00 bits per heavy atom.